The number of rotatable bonds is 9. The number of carbonyl (C=O) groups is 1. The summed E-state index contributed by atoms with van der Waals surface area (Å²) in [6.45, 7) is 3.07. The molecule has 0 radical (unpaired) electrons. The van der Waals surface area contributed by atoms with Crippen molar-refractivity contribution in [3.05, 3.63) is 0 Å². The summed E-state index contributed by atoms with van der Waals surface area (Å²) in [6.07, 6.45) is 0. The molecule has 2 N–H and O–H groups in total. The van der Waals surface area contributed by atoms with Crippen LogP contribution in [-0.2, 0) is 18.6 Å². The predicted octanol–water partition coefficient (Wildman–Crippen LogP) is 1.71. The summed E-state index contributed by atoms with van der Waals surface area (Å²) in [6, 6.07) is -0.618. The predicted molar refractivity (Wildman–Crippen MR) is 74.6 cm³/mol. The second-order valence-electron chi connectivity index (χ2n) is 3.51. The second-order valence-corrected chi connectivity index (χ2v) is 8.16. The third-order valence-electron chi connectivity index (χ3n) is 2.24. The van der Waals surface area contributed by atoms with Crippen LogP contribution in [0.1, 0.15) is 20.8 Å². The third-order valence-corrected chi connectivity index (χ3v) is 7.30. The van der Waals surface area contributed by atoms with E-state index in [2.05, 4.69) is 0 Å². The molecule has 2 atom stereocenters. The van der Waals surface area contributed by atoms with E-state index in [1.807, 2.05) is 0 Å². The summed E-state index contributed by atoms with van der Waals surface area (Å²) in [5, 5.41) is 0. The Labute approximate surface area is 113 Å². The topological polar surface area (TPSA) is 81.9 Å². The molecule has 8 heteroatoms. The van der Waals surface area contributed by atoms with Crippen molar-refractivity contribution in [1.29, 1.82) is 0 Å². The lowest BCUT2D eigenvalue weighted by Crippen LogP contribution is -2.35. The van der Waals surface area contributed by atoms with Crippen molar-refractivity contribution in [2.45, 2.75) is 26.8 Å². The highest BCUT2D eigenvalue weighted by Crippen LogP contribution is 2.62. The number of nitrogens with two attached hydrogens (primary N) is 1. The summed E-state index contributed by atoms with van der Waals surface area (Å²) in [7, 11) is 1.60. The fourth-order valence-corrected chi connectivity index (χ4v) is 5.32. The first-order valence-electron chi connectivity index (χ1n) is 5.92. The van der Waals surface area contributed by atoms with E-state index in [9.17, 15) is 9.36 Å². The molecule has 0 fully saturated rings. The SMILES string of the molecule is CCOC(=O)C(C)N(C)P(=O)(OCC)SCCN. The molecule has 0 saturated carbocycles. The summed E-state index contributed by atoms with van der Waals surface area (Å²) in [5.74, 6) is 0.102. The van der Waals surface area contributed by atoms with Crippen molar-refractivity contribution >= 4 is 24.1 Å². The molecule has 0 amide bonds. The van der Waals surface area contributed by atoms with Crippen LogP contribution < -0.4 is 5.73 Å². The number of hydrogen-bond donors (Lipinski definition) is 1. The Morgan fingerprint density at radius 1 is 1.44 bits per heavy atom. The molecule has 108 valence electrons. The van der Waals surface area contributed by atoms with E-state index in [1.54, 1.807) is 27.8 Å². The van der Waals surface area contributed by atoms with E-state index >= 15 is 0 Å². The molecular weight excluding hydrogens is 275 g/mol. The van der Waals surface area contributed by atoms with Crippen LogP contribution in [0.4, 0.5) is 0 Å². The zero-order valence-electron chi connectivity index (χ0n) is 11.4. The number of carbonyl (C=O) groups excluding carboxylic acids is 1. The Bertz CT molecular complexity index is 304. The van der Waals surface area contributed by atoms with E-state index in [1.165, 1.54) is 4.67 Å². The van der Waals surface area contributed by atoms with Gasteiger partial charge >= 0.3 is 12.7 Å². The Morgan fingerprint density at radius 3 is 2.50 bits per heavy atom. The van der Waals surface area contributed by atoms with Crippen LogP contribution in [-0.4, -0.2) is 49.2 Å². The van der Waals surface area contributed by atoms with E-state index in [4.69, 9.17) is 15.0 Å². The number of esters is 1. The number of ether oxygens (including phenoxy) is 1. The smallest absolute Gasteiger partial charge is 0.329 e. The van der Waals surface area contributed by atoms with Gasteiger partial charge in [-0.05, 0) is 27.8 Å². The van der Waals surface area contributed by atoms with E-state index < -0.39 is 18.7 Å². The van der Waals surface area contributed by atoms with Gasteiger partial charge in [-0.2, -0.15) is 0 Å². The van der Waals surface area contributed by atoms with Crippen LogP contribution in [0.5, 0.6) is 0 Å². The average Bonchev–Trinajstić information content (AvgIpc) is 2.35. The van der Waals surface area contributed by atoms with Crippen LogP contribution in [0.2, 0.25) is 0 Å². The minimum absolute atomic E-state index is 0.298. The Morgan fingerprint density at radius 2 is 2.06 bits per heavy atom. The number of nitrogens with zero attached hydrogens (tertiary/aromatic N) is 1. The van der Waals surface area contributed by atoms with Gasteiger partial charge in [-0.15, -0.1) is 0 Å². The van der Waals surface area contributed by atoms with Gasteiger partial charge < -0.3 is 15.0 Å². The molecule has 0 spiro atoms. The molecule has 18 heavy (non-hydrogen) atoms. The maximum absolute atomic E-state index is 12.6. The van der Waals surface area contributed by atoms with Gasteiger partial charge in [0.15, 0.2) is 0 Å². The van der Waals surface area contributed by atoms with Crippen LogP contribution in [0.25, 0.3) is 0 Å². The lowest BCUT2D eigenvalue weighted by Gasteiger charge is -2.30. The summed E-state index contributed by atoms with van der Waals surface area (Å²) in [5.41, 5.74) is 5.41. The Kier molecular flexibility index (Phi) is 8.90. The molecule has 6 nitrogen and oxygen atoms in total. The van der Waals surface area contributed by atoms with Crippen molar-refractivity contribution in [2.75, 3.05) is 32.6 Å². The molecule has 0 aromatic heterocycles. The summed E-state index contributed by atoms with van der Waals surface area (Å²) in [4.78, 5) is 11.6. The van der Waals surface area contributed by atoms with Gasteiger partial charge in [0.05, 0.1) is 13.2 Å². The molecule has 0 aromatic rings. The molecule has 0 saturated heterocycles. The molecule has 0 aliphatic rings. The van der Waals surface area contributed by atoms with Gasteiger partial charge in [-0.1, -0.05) is 11.4 Å². The summed E-state index contributed by atoms with van der Waals surface area (Å²) < 4.78 is 24.3. The van der Waals surface area contributed by atoms with Crippen LogP contribution in [0, 0.1) is 0 Å². The summed E-state index contributed by atoms with van der Waals surface area (Å²) >= 11 is 1.15. The highest BCUT2D eigenvalue weighted by atomic mass is 32.7. The molecule has 0 aliphatic heterocycles. The number of likely N-dealkylation sites (N-methyl/N-ethyl adjacent to an activating group) is 1. The van der Waals surface area contributed by atoms with Gasteiger partial charge in [-0.3, -0.25) is 9.36 Å². The molecule has 0 bridgehead atoms. The van der Waals surface area contributed by atoms with Crippen LogP contribution in [0.15, 0.2) is 0 Å². The molecule has 0 aromatic carbocycles. The van der Waals surface area contributed by atoms with Gasteiger partial charge in [-0.25, -0.2) is 4.67 Å². The van der Waals surface area contributed by atoms with E-state index in [0.717, 1.165) is 11.4 Å². The molecular formula is C10H23N2O4PS. The van der Waals surface area contributed by atoms with Crippen molar-refractivity contribution in [3.8, 4) is 0 Å². The lowest BCUT2D eigenvalue weighted by atomic mass is 10.3. The zero-order valence-corrected chi connectivity index (χ0v) is 13.1. The van der Waals surface area contributed by atoms with Gasteiger partial charge in [0.2, 0.25) is 0 Å². The van der Waals surface area contributed by atoms with E-state index in [-0.39, 0.29) is 0 Å². The monoisotopic (exact) mass is 298 g/mol. The minimum atomic E-state index is -3.09. The first-order chi connectivity index (χ1) is 8.42. The lowest BCUT2D eigenvalue weighted by molar-refractivity contribution is -0.146. The maximum atomic E-state index is 12.6. The van der Waals surface area contributed by atoms with Crippen LogP contribution >= 0.6 is 18.1 Å². The van der Waals surface area contributed by atoms with Crippen molar-refractivity contribution in [3.63, 3.8) is 0 Å². The fraction of sp³-hybridized carbons (Fsp3) is 0.900. The minimum Gasteiger partial charge on any atom is -0.465 e. The molecule has 2 unspecified atom stereocenters. The standard InChI is InChI=1S/C10H23N2O4PS/c1-5-15-10(13)9(3)12(4)17(14,16-6-2)18-8-7-11/h9H,5-8,11H2,1-4H3. The van der Waals surface area contributed by atoms with E-state index in [0.29, 0.717) is 25.5 Å². The zero-order chi connectivity index (χ0) is 14.2. The molecule has 0 rings (SSSR count). The Hall–Kier alpha value is -0.0700. The second kappa shape index (κ2) is 8.93. The first-order valence-corrected chi connectivity index (χ1v) is 9.08. The Balaban J connectivity index is 4.78. The van der Waals surface area contributed by atoms with Gasteiger partial charge in [0, 0.05) is 12.3 Å². The van der Waals surface area contributed by atoms with Crippen molar-refractivity contribution in [1.82, 2.24) is 4.67 Å². The fourth-order valence-electron chi connectivity index (χ4n) is 1.18. The van der Waals surface area contributed by atoms with Crippen molar-refractivity contribution < 1.29 is 18.6 Å². The van der Waals surface area contributed by atoms with Gasteiger partial charge in [0.1, 0.15) is 6.04 Å². The van der Waals surface area contributed by atoms with Crippen molar-refractivity contribution in [2.24, 2.45) is 5.73 Å². The quantitative estimate of drug-likeness (QED) is 0.512. The highest BCUT2D eigenvalue weighted by Gasteiger charge is 2.36. The average molecular weight is 298 g/mol. The first kappa shape index (κ1) is 17.9. The van der Waals surface area contributed by atoms with Gasteiger partial charge in [0.25, 0.3) is 0 Å². The largest absolute Gasteiger partial charge is 0.465 e. The van der Waals surface area contributed by atoms with Crippen LogP contribution in [0.3, 0.4) is 0 Å². The number of hydrogen-bond acceptors (Lipinski definition) is 6. The molecule has 0 heterocycles. The molecule has 0 aliphatic carbocycles. The third kappa shape index (κ3) is 5.28. The normalized spacial score (nSPS) is 16.3. The maximum Gasteiger partial charge on any atom is 0.329 e. The highest BCUT2D eigenvalue weighted by molar-refractivity contribution is 8.55.